The zero-order chi connectivity index (χ0) is 22.8. The molecule has 1 N–H and O–H groups in total. The van der Waals surface area contributed by atoms with Gasteiger partial charge in [0.1, 0.15) is 11.6 Å². The predicted molar refractivity (Wildman–Crippen MR) is 122 cm³/mol. The average molecular weight is 439 g/mol. The maximum Gasteiger partial charge on any atom is 0.317 e. The first kappa shape index (κ1) is 22.0. The van der Waals surface area contributed by atoms with E-state index in [1.807, 2.05) is 25.7 Å². The first-order valence-electron chi connectivity index (χ1n) is 11.2. The Hall–Kier alpha value is -3.23. The minimum absolute atomic E-state index is 0.0247. The molecular formula is C23H30N6O3. The molecule has 1 aromatic heterocycles. The van der Waals surface area contributed by atoms with E-state index in [0.29, 0.717) is 38.5 Å². The fourth-order valence-corrected chi connectivity index (χ4v) is 3.99. The lowest BCUT2D eigenvalue weighted by atomic mass is 10.0. The van der Waals surface area contributed by atoms with Gasteiger partial charge in [0.2, 0.25) is 0 Å². The molecule has 9 nitrogen and oxygen atoms in total. The Morgan fingerprint density at radius 3 is 2.38 bits per heavy atom. The van der Waals surface area contributed by atoms with Crippen molar-refractivity contribution >= 4 is 17.5 Å². The largest absolute Gasteiger partial charge is 0.353 e. The molecule has 170 valence electrons. The average Bonchev–Trinajstić information content (AvgIpc) is 3.60. The van der Waals surface area contributed by atoms with Gasteiger partial charge in [-0.2, -0.15) is 0 Å². The van der Waals surface area contributed by atoms with Crippen molar-refractivity contribution in [1.82, 2.24) is 20.2 Å². The number of non-ortho nitro benzene ring substituents is 1. The Kier molecular flexibility index (Phi) is 6.25. The molecule has 0 radical (unpaired) electrons. The summed E-state index contributed by atoms with van der Waals surface area (Å²) in [5.41, 5.74) is 3.07. The smallest absolute Gasteiger partial charge is 0.317 e. The highest BCUT2D eigenvalue weighted by Gasteiger charge is 2.30. The molecule has 2 amide bonds. The van der Waals surface area contributed by atoms with Crippen molar-refractivity contribution in [2.75, 3.05) is 31.1 Å². The third-order valence-electron chi connectivity index (χ3n) is 5.96. The number of benzene rings is 1. The Labute approximate surface area is 188 Å². The highest BCUT2D eigenvalue weighted by atomic mass is 16.6. The minimum Gasteiger partial charge on any atom is -0.353 e. The van der Waals surface area contributed by atoms with E-state index in [0.717, 1.165) is 41.3 Å². The lowest BCUT2D eigenvalue weighted by molar-refractivity contribution is -0.384. The maximum atomic E-state index is 12.4. The van der Waals surface area contributed by atoms with E-state index < -0.39 is 0 Å². The molecule has 1 saturated carbocycles. The molecule has 0 bridgehead atoms. The molecular weight excluding hydrogens is 408 g/mol. The number of rotatable bonds is 6. The Morgan fingerprint density at radius 1 is 1.16 bits per heavy atom. The van der Waals surface area contributed by atoms with E-state index in [2.05, 4.69) is 10.2 Å². The van der Waals surface area contributed by atoms with Gasteiger partial charge in [-0.15, -0.1) is 0 Å². The lowest BCUT2D eigenvalue weighted by Gasteiger charge is -2.37. The second kappa shape index (κ2) is 9.10. The molecule has 2 aliphatic rings. The van der Waals surface area contributed by atoms with Crippen LogP contribution in [-0.2, 0) is 6.42 Å². The summed E-state index contributed by atoms with van der Waals surface area (Å²) in [5.74, 6) is 2.28. The number of nitrogens with one attached hydrogen (secondary N) is 1. The van der Waals surface area contributed by atoms with Crippen molar-refractivity contribution < 1.29 is 9.72 Å². The third-order valence-corrected chi connectivity index (χ3v) is 5.96. The third kappa shape index (κ3) is 4.98. The van der Waals surface area contributed by atoms with E-state index in [9.17, 15) is 14.9 Å². The summed E-state index contributed by atoms with van der Waals surface area (Å²) >= 11 is 0. The van der Waals surface area contributed by atoms with Crippen LogP contribution in [0.5, 0.6) is 0 Å². The summed E-state index contributed by atoms with van der Waals surface area (Å²) in [6.07, 6.45) is 2.87. The van der Waals surface area contributed by atoms with E-state index in [1.54, 1.807) is 12.1 Å². The number of hydrogen-bond acceptors (Lipinski definition) is 6. The molecule has 1 saturated heterocycles. The summed E-state index contributed by atoms with van der Waals surface area (Å²) in [7, 11) is 0. The topological polar surface area (TPSA) is 104 Å². The SMILES string of the molecule is Cc1nc(C2CC2)nc(N2CCN(C(=O)NC(C)C)CC2)c1Cc1ccc([N+](=O)[O-])cc1. The number of piperazine rings is 1. The van der Waals surface area contributed by atoms with E-state index in [-0.39, 0.29) is 22.7 Å². The van der Waals surface area contributed by atoms with Crippen LogP contribution < -0.4 is 10.2 Å². The zero-order valence-electron chi connectivity index (χ0n) is 18.9. The highest BCUT2D eigenvalue weighted by Crippen LogP contribution is 2.39. The molecule has 32 heavy (non-hydrogen) atoms. The number of amides is 2. The normalized spacial score (nSPS) is 16.4. The van der Waals surface area contributed by atoms with Gasteiger partial charge in [-0.1, -0.05) is 12.1 Å². The summed E-state index contributed by atoms with van der Waals surface area (Å²) in [6.45, 7) is 8.63. The van der Waals surface area contributed by atoms with Crippen LogP contribution in [0, 0.1) is 17.0 Å². The van der Waals surface area contributed by atoms with Crippen molar-refractivity contribution in [2.45, 2.75) is 52.0 Å². The number of nitro benzene ring substituents is 1. The quantitative estimate of drug-likeness (QED) is 0.547. The van der Waals surface area contributed by atoms with Crippen LogP contribution in [-0.4, -0.2) is 58.0 Å². The second-order valence-electron chi connectivity index (χ2n) is 8.92. The number of nitro groups is 1. The number of aryl methyl sites for hydroxylation is 1. The van der Waals surface area contributed by atoms with Crippen molar-refractivity contribution in [3.8, 4) is 0 Å². The second-order valence-corrected chi connectivity index (χ2v) is 8.92. The summed E-state index contributed by atoms with van der Waals surface area (Å²) in [5, 5.41) is 13.9. The van der Waals surface area contributed by atoms with Gasteiger partial charge < -0.3 is 15.1 Å². The first-order chi connectivity index (χ1) is 15.3. The monoisotopic (exact) mass is 438 g/mol. The number of hydrogen-bond donors (Lipinski definition) is 1. The van der Waals surface area contributed by atoms with Gasteiger partial charge in [-0.05, 0) is 39.2 Å². The number of nitrogens with zero attached hydrogens (tertiary/aromatic N) is 5. The molecule has 4 rings (SSSR count). The van der Waals surface area contributed by atoms with Crippen LogP contribution in [0.3, 0.4) is 0 Å². The van der Waals surface area contributed by atoms with Gasteiger partial charge in [0, 0.05) is 67.9 Å². The van der Waals surface area contributed by atoms with Crippen LogP contribution in [0.2, 0.25) is 0 Å². The summed E-state index contributed by atoms with van der Waals surface area (Å²) in [6, 6.07) is 6.75. The molecule has 0 spiro atoms. The predicted octanol–water partition coefficient (Wildman–Crippen LogP) is 3.40. The highest BCUT2D eigenvalue weighted by molar-refractivity contribution is 5.74. The van der Waals surface area contributed by atoms with Gasteiger partial charge in [0.25, 0.3) is 5.69 Å². The van der Waals surface area contributed by atoms with E-state index in [1.165, 1.54) is 12.1 Å². The summed E-state index contributed by atoms with van der Waals surface area (Å²) in [4.78, 5) is 36.8. The Morgan fingerprint density at radius 2 is 1.81 bits per heavy atom. The fraction of sp³-hybridized carbons (Fsp3) is 0.522. The maximum absolute atomic E-state index is 12.4. The molecule has 9 heteroatoms. The number of carbonyl (C=O) groups excluding carboxylic acids is 1. The van der Waals surface area contributed by atoms with Crippen molar-refractivity contribution in [3.63, 3.8) is 0 Å². The van der Waals surface area contributed by atoms with Crippen molar-refractivity contribution in [3.05, 3.63) is 57.0 Å². The van der Waals surface area contributed by atoms with Crippen LogP contribution in [0.25, 0.3) is 0 Å². The Bertz CT molecular complexity index is 996. The molecule has 1 aliphatic heterocycles. The molecule has 2 heterocycles. The van der Waals surface area contributed by atoms with Crippen molar-refractivity contribution in [2.24, 2.45) is 0 Å². The van der Waals surface area contributed by atoms with Crippen LogP contribution in [0.4, 0.5) is 16.3 Å². The Balaban J connectivity index is 1.56. The van der Waals surface area contributed by atoms with E-state index >= 15 is 0 Å². The standard InChI is InChI=1S/C23H30N6O3/c1-15(2)24-23(30)28-12-10-27(11-13-28)22-20(16(3)25-21(26-22)18-6-7-18)14-17-4-8-19(9-5-17)29(31)32/h4-5,8-9,15,18H,6-7,10-14H2,1-3H3,(H,24,30). The van der Waals surface area contributed by atoms with E-state index in [4.69, 9.17) is 9.97 Å². The van der Waals surface area contributed by atoms with Crippen molar-refractivity contribution in [1.29, 1.82) is 0 Å². The fourth-order valence-electron chi connectivity index (χ4n) is 3.99. The zero-order valence-corrected chi connectivity index (χ0v) is 18.9. The van der Waals surface area contributed by atoms with Crippen LogP contribution in [0.1, 0.15) is 55.3 Å². The van der Waals surface area contributed by atoms with Crippen LogP contribution in [0.15, 0.2) is 24.3 Å². The van der Waals surface area contributed by atoms with Crippen LogP contribution >= 0.6 is 0 Å². The molecule has 2 fully saturated rings. The van der Waals surface area contributed by atoms with Gasteiger partial charge in [0.05, 0.1) is 4.92 Å². The first-order valence-corrected chi connectivity index (χ1v) is 11.2. The lowest BCUT2D eigenvalue weighted by Crippen LogP contribution is -2.53. The van der Waals surface area contributed by atoms with Gasteiger partial charge in [0.15, 0.2) is 0 Å². The molecule has 2 aromatic rings. The molecule has 1 aromatic carbocycles. The molecule has 0 atom stereocenters. The number of urea groups is 1. The number of aromatic nitrogens is 2. The number of anilines is 1. The number of carbonyl (C=O) groups is 1. The minimum atomic E-state index is -0.386. The van der Waals surface area contributed by atoms with Gasteiger partial charge in [-0.3, -0.25) is 10.1 Å². The van der Waals surface area contributed by atoms with Gasteiger partial charge in [-0.25, -0.2) is 14.8 Å². The molecule has 1 aliphatic carbocycles. The molecule has 0 unspecified atom stereocenters. The van der Waals surface area contributed by atoms with Gasteiger partial charge >= 0.3 is 6.03 Å². The summed E-state index contributed by atoms with van der Waals surface area (Å²) < 4.78 is 0.